The van der Waals surface area contributed by atoms with E-state index < -0.39 is 0 Å². The van der Waals surface area contributed by atoms with Crippen LogP contribution in [0.5, 0.6) is 0 Å². The van der Waals surface area contributed by atoms with E-state index in [0.717, 1.165) is 6.42 Å². The lowest BCUT2D eigenvalue weighted by Crippen LogP contribution is -2.29. The molecule has 0 aliphatic carbocycles. The van der Waals surface area contributed by atoms with Crippen LogP contribution in [0, 0.1) is 11.8 Å². The normalized spacial score (nSPS) is 12.8. The molecule has 2 nitrogen and oxygen atoms in total. The standard InChI is InChI=1S/C13H19NO/c1-10(2)13(15)12(9-14)8-11-6-4-3-5-7-11/h3-7,10,12H,8-9,14H2,1-2H3. The van der Waals surface area contributed by atoms with E-state index in [1.54, 1.807) is 0 Å². The van der Waals surface area contributed by atoms with E-state index in [1.807, 2.05) is 44.2 Å². The van der Waals surface area contributed by atoms with Gasteiger partial charge in [0.1, 0.15) is 5.78 Å². The van der Waals surface area contributed by atoms with Crippen LogP contribution in [-0.2, 0) is 11.2 Å². The molecule has 0 bridgehead atoms. The minimum Gasteiger partial charge on any atom is -0.330 e. The number of rotatable bonds is 5. The van der Waals surface area contributed by atoms with Crippen LogP contribution < -0.4 is 5.73 Å². The summed E-state index contributed by atoms with van der Waals surface area (Å²) in [6, 6.07) is 10.0. The van der Waals surface area contributed by atoms with Crippen LogP contribution in [0.15, 0.2) is 30.3 Å². The third kappa shape index (κ3) is 3.48. The van der Waals surface area contributed by atoms with Gasteiger partial charge in [-0.3, -0.25) is 4.79 Å². The Morgan fingerprint density at radius 3 is 2.33 bits per heavy atom. The fraction of sp³-hybridized carbons (Fsp3) is 0.462. The van der Waals surface area contributed by atoms with Crippen molar-refractivity contribution in [2.45, 2.75) is 20.3 Å². The zero-order chi connectivity index (χ0) is 11.3. The molecule has 15 heavy (non-hydrogen) atoms. The highest BCUT2D eigenvalue weighted by atomic mass is 16.1. The Balaban J connectivity index is 2.66. The van der Waals surface area contributed by atoms with E-state index >= 15 is 0 Å². The Hall–Kier alpha value is -1.15. The summed E-state index contributed by atoms with van der Waals surface area (Å²) in [5.74, 6) is 0.302. The van der Waals surface area contributed by atoms with Gasteiger partial charge in [0.05, 0.1) is 0 Å². The van der Waals surface area contributed by atoms with Crippen LogP contribution in [0.4, 0.5) is 0 Å². The fourth-order valence-electron chi connectivity index (χ4n) is 1.67. The molecule has 1 aromatic rings. The first-order valence-corrected chi connectivity index (χ1v) is 5.43. The van der Waals surface area contributed by atoms with Gasteiger partial charge < -0.3 is 5.73 Å². The van der Waals surface area contributed by atoms with Crippen LogP contribution >= 0.6 is 0 Å². The molecule has 0 fully saturated rings. The van der Waals surface area contributed by atoms with Gasteiger partial charge in [-0.2, -0.15) is 0 Å². The van der Waals surface area contributed by atoms with Gasteiger partial charge in [-0.15, -0.1) is 0 Å². The SMILES string of the molecule is CC(C)C(=O)C(CN)Cc1ccccc1. The second-order valence-corrected chi connectivity index (χ2v) is 4.18. The average Bonchev–Trinajstić information content (AvgIpc) is 2.26. The van der Waals surface area contributed by atoms with Crippen molar-refractivity contribution < 1.29 is 4.79 Å². The first-order chi connectivity index (χ1) is 7.15. The predicted molar refractivity (Wildman–Crippen MR) is 62.5 cm³/mol. The predicted octanol–water partition coefficient (Wildman–Crippen LogP) is 2.03. The van der Waals surface area contributed by atoms with E-state index in [9.17, 15) is 4.79 Å². The molecule has 0 spiro atoms. The van der Waals surface area contributed by atoms with Gasteiger partial charge in [-0.25, -0.2) is 0 Å². The van der Waals surface area contributed by atoms with Gasteiger partial charge >= 0.3 is 0 Å². The summed E-state index contributed by atoms with van der Waals surface area (Å²) in [4.78, 5) is 11.8. The lowest BCUT2D eigenvalue weighted by Gasteiger charge is -2.15. The molecule has 0 amide bonds. The molecular weight excluding hydrogens is 186 g/mol. The summed E-state index contributed by atoms with van der Waals surface area (Å²) in [7, 11) is 0. The first kappa shape index (κ1) is 11.9. The minimum atomic E-state index is -0.0348. The van der Waals surface area contributed by atoms with Crippen molar-refractivity contribution in [1.82, 2.24) is 0 Å². The number of hydrogen-bond acceptors (Lipinski definition) is 2. The molecule has 0 saturated heterocycles. The van der Waals surface area contributed by atoms with Crippen LogP contribution in [0.3, 0.4) is 0 Å². The number of Topliss-reactive ketones (excluding diaryl/α,β-unsaturated/α-hetero) is 1. The Morgan fingerprint density at radius 2 is 1.87 bits per heavy atom. The van der Waals surface area contributed by atoms with Crippen molar-refractivity contribution in [1.29, 1.82) is 0 Å². The van der Waals surface area contributed by atoms with E-state index in [-0.39, 0.29) is 17.6 Å². The number of hydrogen-bond donors (Lipinski definition) is 1. The van der Waals surface area contributed by atoms with Crippen molar-refractivity contribution in [3.8, 4) is 0 Å². The third-order valence-corrected chi connectivity index (χ3v) is 2.58. The second-order valence-electron chi connectivity index (χ2n) is 4.18. The van der Waals surface area contributed by atoms with Gasteiger partial charge in [0, 0.05) is 18.4 Å². The summed E-state index contributed by atoms with van der Waals surface area (Å²) in [5, 5.41) is 0. The van der Waals surface area contributed by atoms with Crippen LogP contribution in [0.2, 0.25) is 0 Å². The quantitative estimate of drug-likeness (QED) is 0.799. The molecule has 1 rings (SSSR count). The van der Waals surface area contributed by atoms with E-state index in [0.29, 0.717) is 6.54 Å². The molecule has 1 unspecified atom stereocenters. The Labute approximate surface area is 91.5 Å². The zero-order valence-corrected chi connectivity index (χ0v) is 9.44. The molecule has 82 valence electrons. The molecule has 0 heterocycles. The lowest BCUT2D eigenvalue weighted by atomic mass is 9.90. The number of ketones is 1. The average molecular weight is 205 g/mol. The number of benzene rings is 1. The van der Waals surface area contributed by atoms with Gasteiger partial charge in [-0.05, 0) is 12.0 Å². The summed E-state index contributed by atoms with van der Waals surface area (Å²) in [6.07, 6.45) is 0.758. The van der Waals surface area contributed by atoms with E-state index in [1.165, 1.54) is 5.56 Å². The highest BCUT2D eigenvalue weighted by Gasteiger charge is 2.19. The number of carbonyl (C=O) groups excluding carboxylic acids is 1. The molecule has 0 aromatic heterocycles. The molecule has 1 atom stereocenters. The summed E-state index contributed by atoms with van der Waals surface area (Å²) in [6.45, 7) is 4.29. The van der Waals surface area contributed by atoms with E-state index in [2.05, 4.69) is 0 Å². The first-order valence-electron chi connectivity index (χ1n) is 5.43. The van der Waals surface area contributed by atoms with Crippen LogP contribution in [-0.4, -0.2) is 12.3 Å². The summed E-state index contributed by atoms with van der Waals surface area (Å²) >= 11 is 0. The van der Waals surface area contributed by atoms with Gasteiger partial charge in [0.15, 0.2) is 0 Å². The molecule has 0 aliphatic rings. The van der Waals surface area contributed by atoms with Crippen molar-refractivity contribution in [3.05, 3.63) is 35.9 Å². The number of carbonyl (C=O) groups is 1. The monoisotopic (exact) mass is 205 g/mol. The largest absolute Gasteiger partial charge is 0.330 e. The smallest absolute Gasteiger partial charge is 0.140 e. The third-order valence-electron chi connectivity index (χ3n) is 2.58. The highest BCUT2D eigenvalue weighted by Crippen LogP contribution is 2.12. The molecule has 2 heteroatoms. The topological polar surface area (TPSA) is 43.1 Å². The summed E-state index contributed by atoms with van der Waals surface area (Å²) in [5.41, 5.74) is 6.82. The fourth-order valence-corrected chi connectivity index (χ4v) is 1.67. The maximum Gasteiger partial charge on any atom is 0.140 e. The highest BCUT2D eigenvalue weighted by molar-refractivity contribution is 5.83. The number of nitrogens with two attached hydrogens (primary N) is 1. The van der Waals surface area contributed by atoms with Gasteiger partial charge in [0.25, 0.3) is 0 Å². The summed E-state index contributed by atoms with van der Waals surface area (Å²) < 4.78 is 0. The van der Waals surface area contributed by atoms with Crippen molar-refractivity contribution in [2.75, 3.05) is 6.54 Å². The van der Waals surface area contributed by atoms with Crippen LogP contribution in [0.25, 0.3) is 0 Å². The van der Waals surface area contributed by atoms with Gasteiger partial charge in [0.2, 0.25) is 0 Å². The van der Waals surface area contributed by atoms with Crippen LogP contribution in [0.1, 0.15) is 19.4 Å². The zero-order valence-electron chi connectivity index (χ0n) is 9.44. The van der Waals surface area contributed by atoms with Crippen molar-refractivity contribution in [3.63, 3.8) is 0 Å². The second kappa shape index (κ2) is 5.66. The Bertz CT molecular complexity index is 306. The van der Waals surface area contributed by atoms with E-state index in [4.69, 9.17) is 5.73 Å². The molecule has 0 saturated carbocycles. The Kier molecular flexibility index (Phi) is 4.50. The maximum absolute atomic E-state index is 11.8. The maximum atomic E-state index is 11.8. The Morgan fingerprint density at radius 1 is 1.27 bits per heavy atom. The minimum absolute atomic E-state index is 0.0348. The van der Waals surface area contributed by atoms with Crippen molar-refractivity contribution >= 4 is 5.78 Å². The molecule has 0 aliphatic heterocycles. The molecule has 1 aromatic carbocycles. The lowest BCUT2D eigenvalue weighted by molar-refractivity contribution is -0.125. The molecule has 2 N–H and O–H groups in total. The van der Waals surface area contributed by atoms with Gasteiger partial charge in [-0.1, -0.05) is 44.2 Å². The molecule has 0 radical (unpaired) electrons. The van der Waals surface area contributed by atoms with Crippen molar-refractivity contribution in [2.24, 2.45) is 17.6 Å². The molecular formula is C13H19NO.